The van der Waals surface area contributed by atoms with Gasteiger partial charge in [0, 0.05) is 54.5 Å². The molecule has 5 nitrogen and oxygen atoms in total. The number of likely N-dealkylation sites (tertiary alicyclic amines) is 1. The van der Waals surface area contributed by atoms with Gasteiger partial charge in [-0.2, -0.15) is 8.78 Å². The Kier molecular flexibility index (Phi) is 13.9. The van der Waals surface area contributed by atoms with Crippen molar-refractivity contribution < 1.29 is 23.4 Å². The van der Waals surface area contributed by atoms with Gasteiger partial charge in [0.25, 0.3) is 0 Å². The van der Waals surface area contributed by atoms with Crippen LogP contribution < -0.4 is 10.1 Å². The Morgan fingerprint density at radius 1 is 1.16 bits per heavy atom. The number of anilines is 1. The smallest absolute Gasteiger partial charge is 0.394 e. The van der Waals surface area contributed by atoms with Crippen molar-refractivity contribution in [2.75, 3.05) is 18.4 Å². The maximum atomic E-state index is 13.3. The Morgan fingerprint density at radius 2 is 1.79 bits per heavy atom. The van der Waals surface area contributed by atoms with E-state index >= 15 is 0 Å². The molecule has 2 N–H and O–H groups in total. The maximum Gasteiger partial charge on any atom is 0.394 e. The number of halogens is 2. The summed E-state index contributed by atoms with van der Waals surface area (Å²) in [4.78, 5) is 12.7. The molecule has 1 spiro atoms. The summed E-state index contributed by atoms with van der Waals surface area (Å²) in [5.41, 5.74) is 6.98. The standard InChI is InChI=1S/C30H42F2N2O2.C6H10O/c1-7-11-22(10-4)27(26(12-8-2)34-19-30(20-34)17-24(35)18-30)28(21(5)9-3)33-23-13-15-25(16-14-23)36-29(6,31)32;1-3-5-6(7)4-2/h8,11-16,24,33,35H,7,9-10,17-20H2,1-6H3;4H,2-3,5H2,1H3/b12-8-,22-11+,27-26+,28-21?;. The lowest BCUT2D eigenvalue weighted by atomic mass is 9.61. The van der Waals surface area contributed by atoms with Crippen LogP contribution in [0.1, 0.15) is 93.4 Å². The summed E-state index contributed by atoms with van der Waals surface area (Å²) in [5.74, 6) is 0.271. The zero-order chi connectivity index (χ0) is 32.2. The molecule has 0 atom stereocenters. The highest BCUT2D eigenvalue weighted by Crippen LogP contribution is 2.50. The van der Waals surface area contributed by atoms with Crippen LogP contribution in [0.5, 0.6) is 5.75 Å². The first kappa shape index (κ1) is 36.0. The topological polar surface area (TPSA) is 61.8 Å². The highest BCUT2D eigenvalue weighted by molar-refractivity contribution is 5.88. The molecule has 1 aliphatic heterocycles. The van der Waals surface area contributed by atoms with Crippen molar-refractivity contribution in [2.24, 2.45) is 5.41 Å². The van der Waals surface area contributed by atoms with Gasteiger partial charge < -0.3 is 20.1 Å². The van der Waals surface area contributed by atoms with Crippen molar-refractivity contribution in [1.82, 2.24) is 4.90 Å². The van der Waals surface area contributed by atoms with Gasteiger partial charge in [-0.1, -0.05) is 46.4 Å². The second-order valence-corrected chi connectivity index (χ2v) is 11.7. The lowest BCUT2D eigenvalue weighted by Crippen LogP contribution is -2.63. The number of rotatable bonds is 14. The summed E-state index contributed by atoms with van der Waals surface area (Å²) in [6.45, 7) is 18.6. The number of aliphatic hydroxyl groups excluding tert-OH is 1. The molecule has 0 aromatic heterocycles. The number of hydrogen-bond acceptors (Lipinski definition) is 5. The van der Waals surface area contributed by atoms with Crippen LogP contribution in [-0.4, -0.2) is 41.1 Å². The molecule has 2 aliphatic rings. The molecule has 3 rings (SSSR count). The van der Waals surface area contributed by atoms with Gasteiger partial charge in [-0.05, 0) is 99.9 Å². The molecule has 43 heavy (non-hydrogen) atoms. The van der Waals surface area contributed by atoms with E-state index in [1.54, 1.807) is 24.3 Å². The van der Waals surface area contributed by atoms with Gasteiger partial charge in [-0.25, -0.2) is 0 Å². The van der Waals surface area contributed by atoms with E-state index in [1.165, 1.54) is 28.5 Å². The molecular formula is C36H52F2N2O3. The first-order chi connectivity index (χ1) is 20.3. The van der Waals surface area contributed by atoms with Gasteiger partial charge >= 0.3 is 6.11 Å². The Labute approximate surface area is 258 Å². The van der Waals surface area contributed by atoms with Crippen LogP contribution >= 0.6 is 0 Å². The summed E-state index contributed by atoms with van der Waals surface area (Å²) in [7, 11) is 0. The lowest BCUT2D eigenvalue weighted by molar-refractivity contribution is -0.158. The maximum absolute atomic E-state index is 13.3. The third kappa shape index (κ3) is 10.5. The van der Waals surface area contributed by atoms with Crippen LogP contribution in [0.25, 0.3) is 0 Å². The number of hydrogen-bond donors (Lipinski definition) is 2. The molecule has 1 aromatic rings. The highest BCUT2D eigenvalue weighted by atomic mass is 19.3. The molecule has 1 heterocycles. The fourth-order valence-corrected chi connectivity index (χ4v) is 5.62. The molecule has 1 aromatic carbocycles. The van der Waals surface area contributed by atoms with Crippen LogP contribution in [0.15, 0.2) is 83.3 Å². The van der Waals surface area contributed by atoms with E-state index in [4.69, 9.17) is 4.74 Å². The summed E-state index contributed by atoms with van der Waals surface area (Å²) >= 11 is 0. The molecule has 1 saturated heterocycles. The molecule has 1 saturated carbocycles. The van der Waals surface area contributed by atoms with E-state index in [-0.39, 0.29) is 23.1 Å². The predicted octanol–water partition coefficient (Wildman–Crippen LogP) is 9.35. The van der Waals surface area contributed by atoms with E-state index in [0.717, 1.165) is 69.9 Å². The predicted molar refractivity (Wildman–Crippen MR) is 174 cm³/mol. The molecule has 0 unspecified atom stereocenters. The van der Waals surface area contributed by atoms with Crippen molar-refractivity contribution in [3.63, 3.8) is 0 Å². The molecular weight excluding hydrogens is 546 g/mol. The minimum absolute atomic E-state index is 0.129. The average molecular weight is 599 g/mol. The van der Waals surface area contributed by atoms with E-state index in [9.17, 15) is 18.7 Å². The van der Waals surface area contributed by atoms with Gasteiger partial charge in [-0.3, -0.25) is 4.79 Å². The minimum Gasteiger partial charge on any atom is -0.433 e. The molecule has 0 radical (unpaired) electrons. The van der Waals surface area contributed by atoms with E-state index in [0.29, 0.717) is 6.42 Å². The Bertz CT molecular complexity index is 1190. The molecule has 0 amide bonds. The van der Waals surface area contributed by atoms with E-state index in [2.05, 4.69) is 62.7 Å². The zero-order valence-corrected chi connectivity index (χ0v) is 27.2. The highest BCUT2D eigenvalue weighted by Gasteiger charge is 2.52. The molecule has 7 heteroatoms. The zero-order valence-electron chi connectivity index (χ0n) is 27.2. The first-order valence-corrected chi connectivity index (χ1v) is 15.6. The van der Waals surface area contributed by atoms with Crippen LogP contribution in [0.2, 0.25) is 0 Å². The fraction of sp³-hybridized carbons (Fsp3) is 0.528. The van der Waals surface area contributed by atoms with E-state index < -0.39 is 6.11 Å². The summed E-state index contributed by atoms with van der Waals surface area (Å²) in [6, 6.07) is 6.69. The lowest BCUT2D eigenvalue weighted by Gasteiger charge is -2.59. The van der Waals surface area contributed by atoms with Crippen LogP contribution in [0.4, 0.5) is 14.5 Å². The second kappa shape index (κ2) is 16.6. The fourth-order valence-electron chi connectivity index (χ4n) is 5.62. The monoisotopic (exact) mass is 598 g/mol. The number of allylic oxidation sites excluding steroid dienone is 6. The number of carbonyl (C=O) groups is 1. The van der Waals surface area contributed by atoms with Crippen LogP contribution in [-0.2, 0) is 4.79 Å². The van der Waals surface area contributed by atoms with E-state index in [1.807, 2.05) is 13.8 Å². The van der Waals surface area contributed by atoms with Gasteiger partial charge in [0.1, 0.15) is 5.75 Å². The van der Waals surface area contributed by atoms with Crippen LogP contribution in [0, 0.1) is 5.41 Å². The Hall–Kier alpha value is -3.19. The van der Waals surface area contributed by atoms with Crippen molar-refractivity contribution in [3.05, 3.63) is 83.3 Å². The van der Waals surface area contributed by atoms with Gasteiger partial charge in [-0.15, -0.1) is 0 Å². The number of alkyl halides is 2. The molecule has 238 valence electrons. The summed E-state index contributed by atoms with van der Waals surface area (Å²) in [5, 5.41) is 13.5. The van der Waals surface area contributed by atoms with Gasteiger partial charge in [0.2, 0.25) is 0 Å². The minimum atomic E-state index is -3.22. The number of aliphatic hydroxyl groups is 1. The third-order valence-electron chi connectivity index (χ3n) is 7.82. The molecule has 2 fully saturated rings. The van der Waals surface area contributed by atoms with Crippen LogP contribution in [0.3, 0.4) is 0 Å². The quantitative estimate of drug-likeness (QED) is 0.165. The SMILES string of the molecule is C=CC(=O)CCC.C\C=C/C(=C(C(Nc1ccc(OC(C)(F)F)cc1)=C(C)CC)/C(=C/CC)CC)N1CC2(CC(O)C2)C1. The number of carbonyl (C=O) groups excluding carboxylic acids is 1. The first-order valence-electron chi connectivity index (χ1n) is 15.6. The molecule has 0 bridgehead atoms. The van der Waals surface area contributed by atoms with Gasteiger partial charge in [0.05, 0.1) is 6.10 Å². The third-order valence-corrected chi connectivity index (χ3v) is 7.82. The van der Waals surface area contributed by atoms with Crippen molar-refractivity contribution >= 4 is 11.5 Å². The number of ether oxygens (including phenoxy) is 1. The second-order valence-electron chi connectivity index (χ2n) is 11.7. The number of nitrogens with zero attached hydrogens (tertiary/aromatic N) is 1. The van der Waals surface area contributed by atoms with Gasteiger partial charge in [0.15, 0.2) is 5.78 Å². The van der Waals surface area contributed by atoms with Crippen molar-refractivity contribution in [1.29, 1.82) is 0 Å². The average Bonchev–Trinajstić information content (AvgIpc) is 2.92. The number of ketones is 1. The Balaban J connectivity index is 0.000000821. The Morgan fingerprint density at radius 3 is 2.21 bits per heavy atom. The summed E-state index contributed by atoms with van der Waals surface area (Å²) < 4.78 is 31.3. The largest absolute Gasteiger partial charge is 0.433 e. The van der Waals surface area contributed by atoms with Crippen molar-refractivity contribution in [2.45, 2.75) is 106 Å². The normalized spacial score (nSPS) is 17.7. The number of nitrogens with one attached hydrogen (secondary N) is 1. The number of benzene rings is 1. The van der Waals surface area contributed by atoms with Crippen molar-refractivity contribution in [3.8, 4) is 5.75 Å². The summed E-state index contributed by atoms with van der Waals surface area (Å²) in [6.07, 6.45) is 10.6. The molecule has 1 aliphatic carbocycles.